The zero-order valence-corrected chi connectivity index (χ0v) is 17.1. The Morgan fingerprint density at radius 3 is 2.76 bits per heavy atom. The van der Waals surface area contributed by atoms with Crippen LogP contribution < -0.4 is 5.32 Å². The molecule has 1 unspecified atom stereocenters. The van der Waals surface area contributed by atoms with Gasteiger partial charge in [-0.1, -0.05) is 22.0 Å². The van der Waals surface area contributed by atoms with Crippen molar-refractivity contribution in [3.05, 3.63) is 33.8 Å². The van der Waals surface area contributed by atoms with Crippen molar-refractivity contribution in [1.29, 1.82) is 0 Å². The molecule has 2 aliphatic rings. The average Bonchev–Trinajstić information content (AvgIpc) is 3.27. The average molecular weight is 409 g/mol. The number of halogens is 1. The zero-order valence-electron chi connectivity index (χ0n) is 15.5. The van der Waals surface area contributed by atoms with E-state index in [0.29, 0.717) is 12.1 Å². The second-order valence-electron chi connectivity index (χ2n) is 8.15. The number of carbonyl (C=O) groups is 1. The van der Waals surface area contributed by atoms with Gasteiger partial charge in [0.05, 0.1) is 0 Å². The van der Waals surface area contributed by atoms with Crippen LogP contribution in [-0.4, -0.2) is 35.7 Å². The summed E-state index contributed by atoms with van der Waals surface area (Å²) in [6.45, 7) is 7.46. The quantitative estimate of drug-likeness (QED) is 0.686. The first-order valence-electron chi connectivity index (χ1n) is 9.35. The molecule has 1 aromatic carbocycles. The van der Waals surface area contributed by atoms with Crippen LogP contribution in [0.3, 0.4) is 0 Å². The summed E-state index contributed by atoms with van der Waals surface area (Å²) >= 11 is 3.57. The van der Waals surface area contributed by atoms with Crippen molar-refractivity contribution >= 4 is 22.0 Å². The Bertz CT molecular complexity index is 623. The Hall–Kier alpha value is -1.07. The normalized spacial score (nSPS) is 19.6. The van der Waals surface area contributed by atoms with Gasteiger partial charge in [-0.05, 0) is 82.7 Å². The monoisotopic (exact) mass is 408 g/mol. The number of fused-ring (bicyclic) bond motifs is 1. The molecule has 1 atom stereocenters. The van der Waals surface area contributed by atoms with Crippen molar-refractivity contribution in [2.45, 2.75) is 70.6 Å². The molecule has 4 nitrogen and oxygen atoms in total. The van der Waals surface area contributed by atoms with E-state index in [-0.39, 0.29) is 6.09 Å². The highest BCUT2D eigenvalue weighted by Crippen LogP contribution is 2.33. The summed E-state index contributed by atoms with van der Waals surface area (Å²) in [6.07, 6.45) is 5.31. The van der Waals surface area contributed by atoms with Crippen molar-refractivity contribution in [1.82, 2.24) is 10.2 Å². The Morgan fingerprint density at radius 1 is 1.32 bits per heavy atom. The highest BCUT2D eigenvalue weighted by molar-refractivity contribution is 9.10. The second kappa shape index (κ2) is 7.67. The number of ether oxygens (including phenoxy) is 1. The van der Waals surface area contributed by atoms with E-state index in [4.69, 9.17) is 4.74 Å². The van der Waals surface area contributed by atoms with E-state index in [9.17, 15) is 4.79 Å². The maximum atomic E-state index is 12.4. The summed E-state index contributed by atoms with van der Waals surface area (Å²) in [5.41, 5.74) is 2.44. The van der Waals surface area contributed by atoms with Gasteiger partial charge in [0.1, 0.15) is 5.60 Å². The number of amides is 1. The van der Waals surface area contributed by atoms with Crippen LogP contribution in [0.5, 0.6) is 0 Å². The Balaban J connectivity index is 1.46. The summed E-state index contributed by atoms with van der Waals surface area (Å²) in [6, 6.07) is 7.40. The van der Waals surface area contributed by atoms with Gasteiger partial charge >= 0.3 is 6.09 Å². The van der Waals surface area contributed by atoms with E-state index in [0.717, 1.165) is 49.7 Å². The largest absolute Gasteiger partial charge is 0.444 e. The Kier molecular flexibility index (Phi) is 5.74. The highest BCUT2D eigenvalue weighted by Gasteiger charge is 2.34. The highest BCUT2D eigenvalue weighted by atomic mass is 79.9. The van der Waals surface area contributed by atoms with E-state index in [1.807, 2.05) is 25.7 Å². The summed E-state index contributed by atoms with van der Waals surface area (Å²) in [4.78, 5) is 14.3. The molecule has 1 fully saturated rings. The third kappa shape index (κ3) is 5.20. The lowest BCUT2D eigenvalue weighted by Crippen LogP contribution is -2.39. The molecule has 0 aliphatic heterocycles. The molecule has 2 aliphatic carbocycles. The second-order valence-corrected chi connectivity index (χ2v) is 9.06. The maximum absolute atomic E-state index is 12.4. The van der Waals surface area contributed by atoms with Gasteiger partial charge in [0, 0.05) is 23.1 Å². The summed E-state index contributed by atoms with van der Waals surface area (Å²) in [5, 5.41) is 3.67. The smallest absolute Gasteiger partial charge is 0.410 e. The SMILES string of the molecule is CC(C)(C)OC(=O)N(CCCNC1CCc2ccc(Br)cc21)C1CC1. The van der Waals surface area contributed by atoms with Gasteiger partial charge in [-0.25, -0.2) is 4.79 Å². The molecule has 138 valence electrons. The van der Waals surface area contributed by atoms with E-state index in [1.165, 1.54) is 11.1 Å². The number of benzene rings is 1. The third-order valence-corrected chi connectivity index (χ3v) is 5.26. The number of nitrogens with one attached hydrogen (secondary N) is 1. The van der Waals surface area contributed by atoms with Gasteiger partial charge in [-0.3, -0.25) is 0 Å². The molecule has 5 heteroatoms. The molecule has 0 bridgehead atoms. The van der Waals surface area contributed by atoms with Gasteiger partial charge in [0.25, 0.3) is 0 Å². The van der Waals surface area contributed by atoms with Crippen LogP contribution in [0, 0.1) is 0 Å². The first kappa shape index (κ1) is 18.7. The molecule has 0 radical (unpaired) electrons. The topological polar surface area (TPSA) is 41.6 Å². The fraction of sp³-hybridized carbons (Fsp3) is 0.650. The number of rotatable bonds is 6. The number of nitrogens with zero attached hydrogens (tertiary/aromatic N) is 1. The predicted molar refractivity (Wildman–Crippen MR) is 104 cm³/mol. The molecule has 0 heterocycles. The number of carbonyl (C=O) groups excluding carboxylic acids is 1. The van der Waals surface area contributed by atoms with Gasteiger partial charge in [-0.15, -0.1) is 0 Å². The molecule has 3 rings (SSSR count). The minimum absolute atomic E-state index is 0.162. The number of hydrogen-bond acceptors (Lipinski definition) is 3. The molecule has 25 heavy (non-hydrogen) atoms. The van der Waals surface area contributed by atoms with Crippen LogP contribution >= 0.6 is 15.9 Å². The maximum Gasteiger partial charge on any atom is 0.410 e. The third-order valence-electron chi connectivity index (χ3n) is 4.77. The lowest BCUT2D eigenvalue weighted by molar-refractivity contribution is 0.0231. The molecular formula is C20H29BrN2O2. The lowest BCUT2D eigenvalue weighted by atomic mass is 10.1. The van der Waals surface area contributed by atoms with Gasteiger partial charge in [0.2, 0.25) is 0 Å². The van der Waals surface area contributed by atoms with Crippen molar-refractivity contribution < 1.29 is 9.53 Å². The molecule has 1 saturated carbocycles. The summed E-state index contributed by atoms with van der Waals surface area (Å²) in [7, 11) is 0. The van der Waals surface area contributed by atoms with Crippen LogP contribution in [0.25, 0.3) is 0 Å². The summed E-state index contributed by atoms with van der Waals surface area (Å²) in [5.74, 6) is 0. The van der Waals surface area contributed by atoms with Crippen molar-refractivity contribution in [3.8, 4) is 0 Å². The standard InChI is InChI=1S/C20H29BrN2O2/c1-20(2,3)25-19(24)23(16-8-9-16)12-4-11-22-18-10-6-14-5-7-15(21)13-17(14)18/h5,7,13,16,18,22H,4,6,8-12H2,1-3H3. The van der Waals surface area contributed by atoms with Crippen LogP contribution in [0.4, 0.5) is 4.79 Å². The predicted octanol–water partition coefficient (Wildman–Crippen LogP) is 4.82. The first-order valence-corrected chi connectivity index (χ1v) is 10.1. The van der Waals surface area contributed by atoms with E-state index in [2.05, 4.69) is 39.4 Å². The van der Waals surface area contributed by atoms with Crippen LogP contribution in [0.2, 0.25) is 0 Å². The molecular weight excluding hydrogens is 380 g/mol. The molecule has 1 amide bonds. The van der Waals surface area contributed by atoms with Gasteiger partial charge < -0.3 is 15.0 Å². The van der Waals surface area contributed by atoms with Crippen LogP contribution in [0.1, 0.15) is 63.6 Å². The van der Waals surface area contributed by atoms with Crippen molar-refractivity contribution in [2.75, 3.05) is 13.1 Å². The zero-order chi connectivity index (χ0) is 18.0. The number of aryl methyl sites for hydroxylation is 1. The van der Waals surface area contributed by atoms with Crippen LogP contribution in [0.15, 0.2) is 22.7 Å². The number of hydrogen-bond donors (Lipinski definition) is 1. The Labute approximate surface area is 159 Å². The van der Waals surface area contributed by atoms with Gasteiger partial charge in [0.15, 0.2) is 0 Å². The first-order chi connectivity index (χ1) is 11.8. The van der Waals surface area contributed by atoms with E-state index >= 15 is 0 Å². The Morgan fingerprint density at radius 2 is 2.08 bits per heavy atom. The fourth-order valence-corrected chi connectivity index (χ4v) is 3.82. The van der Waals surface area contributed by atoms with E-state index < -0.39 is 5.60 Å². The fourth-order valence-electron chi connectivity index (χ4n) is 3.44. The lowest BCUT2D eigenvalue weighted by Gasteiger charge is -2.27. The molecule has 1 N–H and O–H groups in total. The van der Waals surface area contributed by atoms with E-state index in [1.54, 1.807) is 0 Å². The molecule has 0 spiro atoms. The minimum Gasteiger partial charge on any atom is -0.444 e. The molecule has 0 saturated heterocycles. The van der Waals surface area contributed by atoms with Gasteiger partial charge in [-0.2, -0.15) is 0 Å². The van der Waals surface area contributed by atoms with Crippen molar-refractivity contribution in [2.24, 2.45) is 0 Å². The van der Waals surface area contributed by atoms with Crippen molar-refractivity contribution in [3.63, 3.8) is 0 Å². The van der Waals surface area contributed by atoms with Crippen LogP contribution in [-0.2, 0) is 11.2 Å². The molecule has 0 aromatic heterocycles. The molecule has 1 aromatic rings. The summed E-state index contributed by atoms with van der Waals surface area (Å²) < 4.78 is 6.70. The minimum atomic E-state index is -0.427.